The number of hydrogen-bond donors (Lipinski definition) is 1. The summed E-state index contributed by atoms with van der Waals surface area (Å²) in [5.41, 5.74) is 1.13. The summed E-state index contributed by atoms with van der Waals surface area (Å²) in [7, 11) is 2.49. The number of benzene rings is 2. The topological polar surface area (TPSA) is 132 Å². The molecule has 0 saturated carbocycles. The normalized spacial score (nSPS) is 16.2. The van der Waals surface area contributed by atoms with E-state index in [4.69, 9.17) is 14.2 Å². The van der Waals surface area contributed by atoms with E-state index >= 15 is 0 Å². The fraction of sp³-hybridized carbons (Fsp3) is 0.276. The molecule has 1 aliphatic rings. The maximum absolute atomic E-state index is 13.5. The first-order valence-corrected chi connectivity index (χ1v) is 13.3. The van der Waals surface area contributed by atoms with Gasteiger partial charge in [0.15, 0.2) is 5.13 Å². The van der Waals surface area contributed by atoms with Crippen LogP contribution in [-0.4, -0.2) is 54.5 Å². The third-order valence-corrected chi connectivity index (χ3v) is 7.46. The number of ketones is 1. The molecule has 0 bridgehead atoms. The van der Waals surface area contributed by atoms with Crippen molar-refractivity contribution >= 4 is 45.9 Å². The Morgan fingerprint density at radius 3 is 2.38 bits per heavy atom. The van der Waals surface area contributed by atoms with Crippen molar-refractivity contribution in [3.8, 4) is 5.75 Å². The lowest BCUT2D eigenvalue weighted by molar-refractivity contribution is -0.132. The number of aliphatic hydroxyl groups is 1. The highest BCUT2D eigenvalue weighted by Crippen LogP contribution is 2.44. The Labute approximate surface area is 234 Å². The molecule has 1 unspecified atom stereocenters. The first kappa shape index (κ1) is 28.5. The summed E-state index contributed by atoms with van der Waals surface area (Å²) in [6.07, 6.45) is 1.80. The van der Waals surface area contributed by atoms with Crippen LogP contribution in [0.2, 0.25) is 0 Å². The molecule has 3 aromatic rings. The minimum atomic E-state index is -1.10. The number of thiazole rings is 1. The number of rotatable bonds is 9. The molecule has 1 atom stereocenters. The Hall–Kier alpha value is -4.51. The molecular weight excluding hydrogens is 536 g/mol. The van der Waals surface area contributed by atoms with Crippen LogP contribution in [-0.2, 0) is 19.1 Å². The molecule has 2 aromatic carbocycles. The number of aromatic nitrogens is 1. The number of aliphatic hydroxyl groups excluding tert-OH is 1. The Kier molecular flexibility index (Phi) is 8.64. The number of carbonyl (C=O) groups excluding carboxylic acids is 4. The number of Topliss-reactive ketones (excluding diaryl/α,β-unsaturated/α-hetero) is 1. The predicted octanol–water partition coefficient (Wildman–Crippen LogP) is 4.83. The highest BCUT2D eigenvalue weighted by Gasteiger charge is 2.48. The second-order valence-electron chi connectivity index (χ2n) is 8.92. The summed E-state index contributed by atoms with van der Waals surface area (Å²) < 4.78 is 15.3. The molecule has 4 rings (SSSR count). The number of anilines is 1. The van der Waals surface area contributed by atoms with Gasteiger partial charge in [0.2, 0.25) is 0 Å². The highest BCUT2D eigenvalue weighted by molar-refractivity contribution is 7.17. The Morgan fingerprint density at radius 1 is 1.02 bits per heavy atom. The molecule has 1 aliphatic heterocycles. The Bertz CT molecular complexity index is 1490. The summed E-state index contributed by atoms with van der Waals surface area (Å²) in [5.74, 6) is -2.93. The van der Waals surface area contributed by atoms with Gasteiger partial charge in [-0.2, -0.15) is 0 Å². The van der Waals surface area contributed by atoms with Crippen LogP contribution in [0.3, 0.4) is 0 Å². The van der Waals surface area contributed by atoms with E-state index in [1.165, 1.54) is 26.4 Å². The van der Waals surface area contributed by atoms with Crippen LogP contribution in [0, 0.1) is 6.92 Å². The number of methoxy groups -OCH3 is 2. The van der Waals surface area contributed by atoms with Gasteiger partial charge >= 0.3 is 17.8 Å². The molecular formula is C29H28N2O8S. The third kappa shape index (κ3) is 5.46. The van der Waals surface area contributed by atoms with Crippen LogP contribution in [0.25, 0.3) is 5.76 Å². The van der Waals surface area contributed by atoms with Crippen LogP contribution >= 0.6 is 11.3 Å². The predicted molar refractivity (Wildman–Crippen MR) is 148 cm³/mol. The van der Waals surface area contributed by atoms with Crippen molar-refractivity contribution in [1.29, 1.82) is 0 Å². The van der Waals surface area contributed by atoms with Crippen LogP contribution in [0.1, 0.15) is 62.7 Å². The molecule has 208 valence electrons. The summed E-state index contributed by atoms with van der Waals surface area (Å²) >= 11 is 0.897. The lowest BCUT2D eigenvalue weighted by atomic mass is 9.94. The molecule has 1 saturated heterocycles. The van der Waals surface area contributed by atoms with Crippen LogP contribution < -0.4 is 9.64 Å². The maximum Gasteiger partial charge on any atom is 0.350 e. The zero-order valence-electron chi connectivity index (χ0n) is 22.4. The number of carbonyl (C=O) groups is 4. The Balaban J connectivity index is 1.87. The standard InChI is InChI=1S/C29H28N2O8S/c1-5-6-14-39-20-9-7-8-19(15-20)23(32)21-22(17-10-12-18(13-11-17)27(35)37-3)31(26(34)24(21)33)29-30-16(2)25(40-29)28(36)38-4/h7-13,15,22,32H,5-6,14H2,1-4H3/b23-21+. The number of aryl methyl sites for hydroxylation is 1. The van der Waals surface area contributed by atoms with Gasteiger partial charge in [0.1, 0.15) is 16.4 Å². The third-order valence-electron chi connectivity index (χ3n) is 6.33. The summed E-state index contributed by atoms with van der Waals surface area (Å²) in [5, 5.41) is 11.5. The van der Waals surface area contributed by atoms with Crippen molar-refractivity contribution in [1.82, 2.24) is 4.98 Å². The molecule has 10 nitrogen and oxygen atoms in total. The number of unbranched alkanes of at least 4 members (excludes halogenated alkanes) is 1. The summed E-state index contributed by atoms with van der Waals surface area (Å²) in [4.78, 5) is 56.8. The van der Waals surface area contributed by atoms with Gasteiger partial charge in [-0.3, -0.25) is 14.5 Å². The number of amides is 1. The highest BCUT2D eigenvalue weighted by atomic mass is 32.1. The van der Waals surface area contributed by atoms with E-state index in [1.54, 1.807) is 43.3 Å². The lowest BCUT2D eigenvalue weighted by Gasteiger charge is -2.23. The number of nitrogens with zero attached hydrogens (tertiary/aromatic N) is 2. The van der Waals surface area contributed by atoms with Crippen LogP contribution in [0.15, 0.2) is 54.1 Å². The summed E-state index contributed by atoms with van der Waals surface area (Å²) in [6, 6.07) is 11.6. The van der Waals surface area contributed by atoms with E-state index in [9.17, 15) is 24.3 Å². The van der Waals surface area contributed by atoms with Crippen molar-refractivity contribution in [3.63, 3.8) is 0 Å². The number of ether oxygens (including phenoxy) is 3. The fourth-order valence-electron chi connectivity index (χ4n) is 4.25. The van der Waals surface area contributed by atoms with Crippen molar-refractivity contribution in [3.05, 3.63) is 81.4 Å². The molecule has 2 heterocycles. The van der Waals surface area contributed by atoms with Crippen molar-refractivity contribution in [2.75, 3.05) is 25.7 Å². The van der Waals surface area contributed by atoms with E-state index in [2.05, 4.69) is 4.98 Å². The number of hydrogen-bond acceptors (Lipinski definition) is 10. The van der Waals surface area contributed by atoms with E-state index in [-0.39, 0.29) is 26.7 Å². The molecule has 1 amide bonds. The van der Waals surface area contributed by atoms with E-state index in [1.807, 2.05) is 6.92 Å². The molecule has 40 heavy (non-hydrogen) atoms. The largest absolute Gasteiger partial charge is 0.507 e. The van der Waals surface area contributed by atoms with Gasteiger partial charge in [0.05, 0.1) is 43.7 Å². The summed E-state index contributed by atoms with van der Waals surface area (Å²) in [6.45, 7) is 4.12. The SMILES string of the molecule is CCCCOc1cccc(/C(O)=C2\C(=O)C(=O)N(c3nc(C)c(C(=O)OC)s3)C2c2ccc(C(=O)OC)cc2)c1. The maximum atomic E-state index is 13.5. The quantitative estimate of drug-likeness (QED) is 0.128. The average Bonchev–Trinajstić information content (AvgIpc) is 3.48. The van der Waals surface area contributed by atoms with Gasteiger partial charge in [-0.15, -0.1) is 0 Å². The minimum Gasteiger partial charge on any atom is -0.507 e. The van der Waals surface area contributed by atoms with E-state index in [0.29, 0.717) is 23.6 Å². The zero-order valence-corrected chi connectivity index (χ0v) is 23.2. The molecule has 0 radical (unpaired) electrons. The van der Waals surface area contributed by atoms with Crippen molar-refractivity contribution < 1.29 is 38.5 Å². The molecule has 1 N–H and O–H groups in total. The molecule has 0 aliphatic carbocycles. The van der Waals surface area contributed by atoms with Crippen LogP contribution in [0.5, 0.6) is 5.75 Å². The smallest absolute Gasteiger partial charge is 0.350 e. The van der Waals surface area contributed by atoms with Gasteiger partial charge < -0.3 is 19.3 Å². The second-order valence-corrected chi connectivity index (χ2v) is 9.89. The van der Waals surface area contributed by atoms with Gasteiger partial charge in [-0.25, -0.2) is 14.6 Å². The van der Waals surface area contributed by atoms with E-state index < -0.39 is 35.4 Å². The molecule has 0 spiro atoms. The molecule has 1 aromatic heterocycles. The van der Waals surface area contributed by atoms with Gasteiger partial charge in [-0.05, 0) is 43.2 Å². The van der Waals surface area contributed by atoms with Gasteiger partial charge in [0, 0.05) is 5.56 Å². The lowest BCUT2D eigenvalue weighted by Crippen LogP contribution is -2.29. The van der Waals surface area contributed by atoms with Crippen LogP contribution in [0.4, 0.5) is 5.13 Å². The van der Waals surface area contributed by atoms with Gasteiger partial charge in [-0.1, -0.05) is 48.9 Å². The van der Waals surface area contributed by atoms with Crippen molar-refractivity contribution in [2.24, 2.45) is 0 Å². The molecule has 1 fully saturated rings. The molecule has 11 heteroatoms. The fourth-order valence-corrected chi connectivity index (χ4v) is 5.27. The number of esters is 2. The monoisotopic (exact) mass is 564 g/mol. The second kappa shape index (κ2) is 12.1. The van der Waals surface area contributed by atoms with E-state index in [0.717, 1.165) is 29.1 Å². The first-order valence-electron chi connectivity index (χ1n) is 12.5. The average molecular weight is 565 g/mol. The zero-order chi connectivity index (χ0) is 29.0. The minimum absolute atomic E-state index is 0.0812. The Morgan fingerprint density at radius 2 is 1.73 bits per heavy atom. The first-order chi connectivity index (χ1) is 19.2. The van der Waals surface area contributed by atoms with Gasteiger partial charge in [0.25, 0.3) is 5.78 Å². The van der Waals surface area contributed by atoms with Crippen molar-refractivity contribution in [2.45, 2.75) is 32.7 Å².